The molecule has 0 saturated heterocycles. The Morgan fingerprint density at radius 3 is 2.41 bits per heavy atom. The number of hydrogen-bond acceptors (Lipinski definition) is 5. The quantitative estimate of drug-likeness (QED) is 0.660. The molecule has 116 valence electrons. The maximum atomic E-state index is 11.8. The van der Waals surface area contributed by atoms with E-state index in [-0.39, 0.29) is 11.5 Å². The minimum Gasteiger partial charge on any atom is -0.490 e. The van der Waals surface area contributed by atoms with E-state index in [0.717, 1.165) is 0 Å². The molecule has 1 atom stereocenters. The van der Waals surface area contributed by atoms with Crippen LogP contribution in [0.3, 0.4) is 0 Å². The Morgan fingerprint density at radius 1 is 1.32 bits per heavy atom. The van der Waals surface area contributed by atoms with E-state index in [2.05, 4.69) is 0 Å². The summed E-state index contributed by atoms with van der Waals surface area (Å²) in [6.45, 7) is 0. The molecule has 22 heavy (non-hydrogen) atoms. The van der Waals surface area contributed by atoms with E-state index >= 15 is 0 Å². The van der Waals surface area contributed by atoms with Crippen LogP contribution >= 0.6 is 0 Å². The number of rotatable bonds is 5. The number of carboxylic acids is 1. The molecule has 0 saturated carbocycles. The van der Waals surface area contributed by atoms with Crippen molar-refractivity contribution < 1.29 is 24.3 Å². The first-order valence-corrected chi connectivity index (χ1v) is 6.44. The smallest absolute Gasteiger partial charge is 0.341 e. The van der Waals surface area contributed by atoms with Crippen LogP contribution in [-0.4, -0.2) is 35.8 Å². The van der Waals surface area contributed by atoms with Gasteiger partial charge in [-0.25, -0.2) is 4.79 Å². The highest BCUT2D eigenvalue weighted by Gasteiger charge is 2.50. The second-order valence-electron chi connectivity index (χ2n) is 4.71. The van der Waals surface area contributed by atoms with Gasteiger partial charge in [-0.05, 0) is 11.6 Å². The summed E-state index contributed by atoms with van der Waals surface area (Å²) in [6.07, 6.45) is 0.935. The second kappa shape index (κ2) is 5.98. The van der Waals surface area contributed by atoms with Crippen LogP contribution in [-0.2, 0) is 14.3 Å². The van der Waals surface area contributed by atoms with Crippen LogP contribution in [0.4, 0.5) is 0 Å². The standard InChI is InChI=1S/C15H15NO6/c1-21-13-8-11(10-6-4-3-5-7-10)15(22-2,14(17)18)9-12(13)16(19)20/h3-8H,9H2,1-2H3,(H,17,18). The molecule has 7 nitrogen and oxygen atoms in total. The lowest BCUT2D eigenvalue weighted by atomic mass is 9.80. The average molecular weight is 305 g/mol. The molecule has 2 rings (SSSR count). The molecule has 0 radical (unpaired) electrons. The Morgan fingerprint density at radius 2 is 1.95 bits per heavy atom. The van der Waals surface area contributed by atoms with Crippen LogP contribution < -0.4 is 0 Å². The predicted octanol–water partition coefficient (Wildman–Crippen LogP) is 2.08. The lowest BCUT2D eigenvalue weighted by molar-refractivity contribution is -0.433. The van der Waals surface area contributed by atoms with Crippen LogP contribution in [0, 0.1) is 10.1 Å². The summed E-state index contributed by atoms with van der Waals surface area (Å²) >= 11 is 0. The summed E-state index contributed by atoms with van der Waals surface area (Å²) in [6, 6.07) is 8.72. The summed E-state index contributed by atoms with van der Waals surface area (Å²) in [5.74, 6) is -1.27. The molecule has 0 heterocycles. The van der Waals surface area contributed by atoms with E-state index in [4.69, 9.17) is 9.47 Å². The zero-order valence-corrected chi connectivity index (χ0v) is 12.1. The number of methoxy groups -OCH3 is 2. The minimum atomic E-state index is -1.83. The third kappa shape index (κ3) is 2.46. The van der Waals surface area contributed by atoms with E-state index < -0.39 is 22.9 Å². The van der Waals surface area contributed by atoms with Crippen LogP contribution in [0.2, 0.25) is 0 Å². The Balaban J connectivity index is 2.71. The normalized spacial score (nSPS) is 21.3. The fourth-order valence-electron chi connectivity index (χ4n) is 2.47. The van der Waals surface area contributed by atoms with Crippen LogP contribution in [0.25, 0.3) is 5.57 Å². The van der Waals surface area contributed by atoms with E-state index in [1.54, 1.807) is 30.3 Å². The van der Waals surface area contributed by atoms with Crippen LogP contribution in [0.15, 0.2) is 47.9 Å². The molecule has 0 aliphatic heterocycles. The molecule has 0 amide bonds. The predicted molar refractivity (Wildman–Crippen MR) is 77.4 cm³/mol. The van der Waals surface area contributed by atoms with Crippen molar-refractivity contribution in [3.8, 4) is 0 Å². The molecule has 0 spiro atoms. The highest BCUT2D eigenvalue weighted by molar-refractivity contribution is 5.97. The number of aliphatic carboxylic acids is 1. The van der Waals surface area contributed by atoms with Crippen LogP contribution in [0.1, 0.15) is 12.0 Å². The summed E-state index contributed by atoms with van der Waals surface area (Å²) < 4.78 is 10.3. The van der Waals surface area contributed by atoms with Gasteiger partial charge in [0.25, 0.3) is 5.70 Å². The molecule has 1 unspecified atom stereocenters. The van der Waals surface area contributed by atoms with Gasteiger partial charge in [0.15, 0.2) is 5.76 Å². The molecule has 1 N–H and O–H groups in total. The van der Waals surface area contributed by atoms with Gasteiger partial charge < -0.3 is 14.6 Å². The zero-order chi connectivity index (χ0) is 16.3. The molecule has 1 aromatic rings. The first-order chi connectivity index (χ1) is 10.5. The number of allylic oxidation sites excluding steroid dienone is 1. The summed E-state index contributed by atoms with van der Waals surface area (Å²) in [7, 11) is 2.53. The molecular weight excluding hydrogens is 290 g/mol. The topological polar surface area (TPSA) is 98.9 Å². The summed E-state index contributed by atoms with van der Waals surface area (Å²) in [4.78, 5) is 22.3. The van der Waals surface area contributed by atoms with Crippen molar-refractivity contribution in [3.05, 3.63) is 63.5 Å². The van der Waals surface area contributed by atoms with Gasteiger partial charge in [0.05, 0.1) is 18.5 Å². The fraction of sp³-hybridized carbons (Fsp3) is 0.267. The summed E-state index contributed by atoms with van der Waals surface area (Å²) in [5.41, 5.74) is -1.24. The molecular formula is C15H15NO6. The number of carbonyl (C=O) groups is 1. The molecule has 1 aliphatic rings. The van der Waals surface area contributed by atoms with E-state index in [9.17, 15) is 20.0 Å². The van der Waals surface area contributed by atoms with Gasteiger partial charge in [-0.1, -0.05) is 30.3 Å². The van der Waals surface area contributed by atoms with Crippen molar-refractivity contribution in [2.75, 3.05) is 14.2 Å². The molecule has 1 aliphatic carbocycles. The van der Waals surface area contributed by atoms with Crippen molar-refractivity contribution >= 4 is 11.5 Å². The van der Waals surface area contributed by atoms with E-state index in [0.29, 0.717) is 11.1 Å². The minimum absolute atomic E-state index is 0.0257. The lowest BCUT2D eigenvalue weighted by Gasteiger charge is -2.32. The van der Waals surface area contributed by atoms with Crippen molar-refractivity contribution in [3.63, 3.8) is 0 Å². The first-order valence-electron chi connectivity index (χ1n) is 6.44. The Kier molecular flexibility index (Phi) is 4.27. The highest BCUT2D eigenvalue weighted by atomic mass is 16.6. The van der Waals surface area contributed by atoms with Crippen molar-refractivity contribution in [2.45, 2.75) is 12.0 Å². The third-order valence-electron chi connectivity index (χ3n) is 3.63. The number of benzene rings is 1. The Hall–Kier alpha value is -2.67. The van der Waals surface area contributed by atoms with E-state index in [1.807, 2.05) is 0 Å². The number of carboxylic acid groups (broad SMARTS) is 1. The van der Waals surface area contributed by atoms with Crippen LogP contribution in [0.5, 0.6) is 0 Å². The highest BCUT2D eigenvalue weighted by Crippen LogP contribution is 2.41. The fourth-order valence-corrected chi connectivity index (χ4v) is 2.47. The number of hydrogen-bond donors (Lipinski definition) is 1. The first kappa shape index (κ1) is 15.7. The Labute approximate surface area is 126 Å². The third-order valence-corrected chi connectivity index (χ3v) is 3.63. The van der Waals surface area contributed by atoms with Gasteiger partial charge in [-0.2, -0.15) is 0 Å². The van der Waals surface area contributed by atoms with Crippen molar-refractivity contribution in [2.24, 2.45) is 0 Å². The van der Waals surface area contributed by atoms with Gasteiger partial charge >= 0.3 is 5.97 Å². The molecule has 0 bridgehead atoms. The number of nitrogens with zero attached hydrogens (tertiary/aromatic N) is 1. The van der Waals surface area contributed by atoms with E-state index in [1.165, 1.54) is 20.3 Å². The zero-order valence-electron chi connectivity index (χ0n) is 12.1. The number of ether oxygens (including phenoxy) is 2. The SMILES string of the molecule is COC1=C([N+](=O)[O-])CC(OC)(C(=O)O)C(c2ccccc2)=C1. The maximum absolute atomic E-state index is 11.8. The maximum Gasteiger partial charge on any atom is 0.341 e. The lowest BCUT2D eigenvalue weighted by Crippen LogP contribution is -2.44. The van der Waals surface area contributed by atoms with Gasteiger partial charge in [-0.15, -0.1) is 0 Å². The van der Waals surface area contributed by atoms with Crippen molar-refractivity contribution in [1.29, 1.82) is 0 Å². The Bertz CT molecular complexity index is 664. The van der Waals surface area contributed by atoms with Gasteiger partial charge in [-0.3, -0.25) is 10.1 Å². The van der Waals surface area contributed by atoms with Gasteiger partial charge in [0.2, 0.25) is 5.60 Å². The second-order valence-corrected chi connectivity index (χ2v) is 4.71. The summed E-state index contributed by atoms with van der Waals surface area (Å²) in [5, 5.41) is 20.8. The van der Waals surface area contributed by atoms with Gasteiger partial charge in [0, 0.05) is 12.7 Å². The molecule has 7 heteroatoms. The molecule has 0 fully saturated rings. The molecule has 1 aromatic carbocycles. The average Bonchev–Trinajstić information content (AvgIpc) is 2.53. The van der Waals surface area contributed by atoms with Crippen molar-refractivity contribution in [1.82, 2.24) is 0 Å². The largest absolute Gasteiger partial charge is 0.490 e. The number of nitro groups is 1. The van der Waals surface area contributed by atoms with Gasteiger partial charge in [0.1, 0.15) is 0 Å². The monoisotopic (exact) mass is 305 g/mol. The molecule has 0 aromatic heterocycles.